The number of anilines is 2. The van der Waals surface area contributed by atoms with Crippen LogP contribution in [-0.4, -0.2) is 28.0 Å². The maximum Gasteiger partial charge on any atom is 0.262 e. The van der Waals surface area contributed by atoms with Gasteiger partial charge in [0.2, 0.25) is 0 Å². The maximum atomic E-state index is 12.9. The topological polar surface area (TPSA) is 93.7 Å². The Morgan fingerprint density at radius 3 is 2.30 bits per heavy atom. The molecule has 0 saturated heterocycles. The third kappa shape index (κ3) is 6.26. The Kier molecular flexibility index (Phi) is 7.95. The lowest BCUT2D eigenvalue weighted by Gasteiger charge is -2.16. The number of aryl methyl sites for hydroxylation is 1. The summed E-state index contributed by atoms with van der Waals surface area (Å²) in [6.07, 6.45) is 1.95. The van der Waals surface area contributed by atoms with Gasteiger partial charge in [-0.25, -0.2) is 8.42 Å². The van der Waals surface area contributed by atoms with Crippen LogP contribution >= 0.6 is 0 Å². The molecule has 0 bridgehead atoms. The molecule has 174 valence electrons. The number of rotatable bonds is 10. The molecular formula is C25H28N2O5S. The summed E-state index contributed by atoms with van der Waals surface area (Å²) in [7, 11) is -2.42. The van der Waals surface area contributed by atoms with Gasteiger partial charge in [0.05, 0.1) is 24.3 Å². The van der Waals surface area contributed by atoms with E-state index in [9.17, 15) is 13.2 Å². The van der Waals surface area contributed by atoms with Gasteiger partial charge in [-0.15, -0.1) is 0 Å². The van der Waals surface area contributed by atoms with E-state index in [2.05, 4.69) is 17.0 Å². The summed E-state index contributed by atoms with van der Waals surface area (Å²) in [6, 6.07) is 18.3. The highest BCUT2D eigenvalue weighted by Crippen LogP contribution is 2.33. The van der Waals surface area contributed by atoms with E-state index in [1.54, 1.807) is 55.5 Å². The Morgan fingerprint density at radius 1 is 0.970 bits per heavy atom. The smallest absolute Gasteiger partial charge is 0.262 e. The molecule has 0 spiro atoms. The molecule has 7 nitrogen and oxygen atoms in total. The van der Waals surface area contributed by atoms with E-state index >= 15 is 0 Å². The zero-order valence-corrected chi connectivity index (χ0v) is 19.7. The highest BCUT2D eigenvalue weighted by atomic mass is 32.2. The van der Waals surface area contributed by atoms with Crippen LogP contribution in [0, 0.1) is 6.92 Å². The molecule has 3 rings (SSSR count). The van der Waals surface area contributed by atoms with Crippen molar-refractivity contribution in [2.75, 3.05) is 23.8 Å². The Labute approximate surface area is 194 Å². The average Bonchev–Trinajstić information content (AvgIpc) is 2.81. The second kappa shape index (κ2) is 10.9. The van der Waals surface area contributed by atoms with E-state index < -0.39 is 10.0 Å². The number of methoxy groups -OCH3 is 1. The van der Waals surface area contributed by atoms with E-state index in [1.165, 1.54) is 19.2 Å². The van der Waals surface area contributed by atoms with Crippen LogP contribution in [0.1, 0.15) is 35.7 Å². The monoisotopic (exact) mass is 468 g/mol. The van der Waals surface area contributed by atoms with Gasteiger partial charge in [-0.3, -0.25) is 9.52 Å². The van der Waals surface area contributed by atoms with Gasteiger partial charge in [-0.1, -0.05) is 31.5 Å². The van der Waals surface area contributed by atoms with Crippen molar-refractivity contribution in [1.82, 2.24) is 0 Å². The normalized spacial score (nSPS) is 11.0. The zero-order chi connectivity index (χ0) is 23.8. The first-order valence-corrected chi connectivity index (χ1v) is 12.1. The molecule has 0 fully saturated rings. The number of carbonyl (C=O) groups excluding carboxylic acids is 1. The van der Waals surface area contributed by atoms with Crippen molar-refractivity contribution in [3.63, 3.8) is 0 Å². The molecule has 3 aromatic rings. The van der Waals surface area contributed by atoms with Crippen LogP contribution in [0.5, 0.6) is 11.5 Å². The van der Waals surface area contributed by atoms with Crippen LogP contribution in [0.15, 0.2) is 71.6 Å². The number of amides is 1. The Bertz CT molecular complexity index is 1190. The Morgan fingerprint density at radius 2 is 1.67 bits per heavy atom. The highest BCUT2D eigenvalue weighted by Gasteiger charge is 2.19. The number of ether oxygens (including phenoxy) is 2. The second-order valence-corrected chi connectivity index (χ2v) is 9.15. The molecule has 0 atom stereocenters. The van der Waals surface area contributed by atoms with Crippen molar-refractivity contribution in [3.05, 3.63) is 77.9 Å². The molecular weight excluding hydrogens is 440 g/mol. The van der Waals surface area contributed by atoms with Crippen molar-refractivity contribution in [1.29, 1.82) is 0 Å². The first-order valence-electron chi connectivity index (χ1n) is 10.6. The largest absolute Gasteiger partial charge is 0.494 e. The van der Waals surface area contributed by atoms with Crippen LogP contribution in [-0.2, 0) is 10.0 Å². The predicted molar refractivity (Wildman–Crippen MR) is 130 cm³/mol. The van der Waals surface area contributed by atoms with Gasteiger partial charge < -0.3 is 14.8 Å². The van der Waals surface area contributed by atoms with Crippen LogP contribution < -0.4 is 19.5 Å². The minimum Gasteiger partial charge on any atom is -0.494 e. The summed E-state index contributed by atoms with van der Waals surface area (Å²) in [5.74, 6) is 0.636. The average molecular weight is 469 g/mol. The summed E-state index contributed by atoms with van der Waals surface area (Å²) in [6.45, 7) is 4.44. The number of hydrogen-bond acceptors (Lipinski definition) is 5. The number of unbranched alkanes of at least 4 members (excludes halogenated alkanes) is 1. The SMILES string of the molecule is CCCCOc1ccc(S(=O)(=O)Nc2cc(C)c(NC(=O)c3ccccc3)cc2OC)cc1. The molecule has 0 saturated carbocycles. The molecule has 2 N–H and O–H groups in total. The minimum absolute atomic E-state index is 0.103. The number of nitrogens with one attached hydrogen (secondary N) is 2. The van der Waals surface area contributed by atoms with Crippen LogP contribution in [0.4, 0.5) is 11.4 Å². The Hall–Kier alpha value is -3.52. The number of hydrogen-bond donors (Lipinski definition) is 2. The van der Waals surface area contributed by atoms with Gasteiger partial charge in [0.1, 0.15) is 11.5 Å². The van der Waals surface area contributed by atoms with E-state index in [4.69, 9.17) is 9.47 Å². The predicted octanol–water partition coefficient (Wildman–Crippen LogP) is 5.24. The molecule has 0 aromatic heterocycles. The van der Waals surface area contributed by atoms with Gasteiger partial charge in [-0.2, -0.15) is 0 Å². The second-order valence-electron chi connectivity index (χ2n) is 7.47. The maximum absolute atomic E-state index is 12.9. The molecule has 0 aliphatic heterocycles. The van der Waals surface area contributed by atoms with Crippen LogP contribution in [0.3, 0.4) is 0 Å². The number of benzene rings is 3. The summed E-state index contributed by atoms with van der Waals surface area (Å²) in [4.78, 5) is 12.6. The van der Waals surface area contributed by atoms with Gasteiger partial charge in [0.25, 0.3) is 15.9 Å². The lowest BCUT2D eigenvalue weighted by atomic mass is 10.1. The first kappa shape index (κ1) is 24.1. The first-order chi connectivity index (χ1) is 15.8. The molecule has 1 amide bonds. The van der Waals surface area contributed by atoms with E-state index in [-0.39, 0.29) is 22.2 Å². The fourth-order valence-corrected chi connectivity index (χ4v) is 4.17. The third-order valence-electron chi connectivity index (χ3n) is 4.98. The summed E-state index contributed by atoms with van der Waals surface area (Å²) >= 11 is 0. The molecule has 33 heavy (non-hydrogen) atoms. The van der Waals surface area contributed by atoms with Gasteiger partial charge in [0.15, 0.2) is 0 Å². The van der Waals surface area contributed by atoms with Crippen molar-refractivity contribution in [2.45, 2.75) is 31.6 Å². The number of sulfonamides is 1. The fraction of sp³-hybridized carbons (Fsp3) is 0.240. The molecule has 0 aliphatic rings. The van der Waals surface area contributed by atoms with E-state index in [1.807, 2.05) is 6.07 Å². The van der Waals surface area contributed by atoms with Crippen molar-refractivity contribution >= 4 is 27.3 Å². The summed E-state index contributed by atoms with van der Waals surface area (Å²) < 4.78 is 39.4. The molecule has 0 aliphatic carbocycles. The third-order valence-corrected chi connectivity index (χ3v) is 6.36. The molecule has 0 radical (unpaired) electrons. The molecule has 0 unspecified atom stereocenters. The Balaban J connectivity index is 1.78. The zero-order valence-electron chi connectivity index (χ0n) is 18.9. The lowest BCUT2D eigenvalue weighted by Crippen LogP contribution is -2.15. The van der Waals surface area contributed by atoms with Gasteiger partial charge in [0, 0.05) is 17.3 Å². The summed E-state index contributed by atoms with van der Waals surface area (Å²) in [5.41, 5.74) is 1.99. The van der Waals surface area contributed by atoms with Crippen molar-refractivity contribution in [2.24, 2.45) is 0 Å². The lowest BCUT2D eigenvalue weighted by molar-refractivity contribution is 0.102. The highest BCUT2D eigenvalue weighted by molar-refractivity contribution is 7.92. The standard InChI is InChI=1S/C25H28N2O5S/c1-4-5-15-32-20-11-13-21(14-12-20)33(29,30)27-23-16-18(2)22(17-24(23)31-3)26-25(28)19-9-7-6-8-10-19/h6-14,16-17,27H,4-5,15H2,1-3H3,(H,26,28). The minimum atomic E-state index is -3.86. The fourth-order valence-electron chi connectivity index (χ4n) is 3.11. The summed E-state index contributed by atoms with van der Waals surface area (Å²) in [5, 5.41) is 2.84. The van der Waals surface area contributed by atoms with Gasteiger partial charge >= 0.3 is 0 Å². The van der Waals surface area contributed by atoms with E-state index in [0.717, 1.165) is 12.8 Å². The van der Waals surface area contributed by atoms with E-state index in [0.29, 0.717) is 29.2 Å². The number of carbonyl (C=O) groups is 1. The molecule has 3 aromatic carbocycles. The molecule has 0 heterocycles. The van der Waals surface area contributed by atoms with Crippen molar-refractivity contribution < 1.29 is 22.7 Å². The van der Waals surface area contributed by atoms with Crippen LogP contribution in [0.2, 0.25) is 0 Å². The van der Waals surface area contributed by atoms with Gasteiger partial charge in [-0.05, 0) is 61.4 Å². The molecule has 8 heteroatoms. The van der Waals surface area contributed by atoms with Crippen LogP contribution in [0.25, 0.3) is 0 Å². The van der Waals surface area contributed by atoms with Crippen molar-refractivity contribution in [3.8, 4) is 11.5 Å². The quantitative estimate of drug-likeness (QED) is 0.397.